The van der Waals surface area contributed by atoms with Gasteiger partial charge in [0.2, 0.25) is 0 Å². The zero-order valence-electron chi connectivity index (χ0n) is 17.6. The van der Waals surface area contributed by atoms with Gasteiger partial charge in [0.25, 0.3) is 0 Å². The van der Waals surface area contributed by atoms with Crippen molar-refractivity contribution in [3.8, 4) is 0 Å². The van der Waals surface area contributed by atoms with Crippen LogP contribution in [-0.2, 0) is 18.9 Å². The summed E-state index contributed by atoms with van der Waals surface area (Å²) in [7, 11) is 3.85. The van der Waals surface area contributed by atoms with E-state index in [1.54, 1.807) is 0 Å². The molecule has 6 heteroatoms. The first kappa shape index (κ1) is 20.9. The number of hydrogen-bond donors (Lipinski definition) is 2. The van der Waals surface area contributed by atoms with E-state index in [9.17, 15) is 0 Å². The Morgan fingerprint density at radius 3 is 2.64 bits per heavy atom. The topological polar surface area (TPSA) is 54.2 Å². The maximum absolute atomic E-state index is 4.53. The molecule has 2 aromatic rings. The molecule has 3 rings (SSSR count). The van der Waals surface area contributed by atoms with Gasteiger partial charge in [-0.3, -0.25) is 9.67 Å². The highest BCUT2D eigenvalue weighted by Crippen LogP contribution is 2.43. The van der Waals surface area contributed by atoms with Crippen molar-refractivity contribution in [3.05, 3.63) is 51.3 Å². The van der Waals surface area contributed by atoms with Crippen LogP contribution in [0.1, 0.15) is 48.7 Å². The Morgan fingerprint density at radius 1 is 1.36 bits per heavy atom. The average molecular weight is 446 g/mol. The number of aliphatic imine (C=N–C) groups is 1. The first-order chi connectivity index (χ1) is 13.3. The molecule has 1 aliphatic carbocycles. The maximum Gasteiger partial charge on any atom is 0.191 e. The van der Waals surface area contributed by atoms with E-state index < -0.39 is 0 Å². The third-order valence-electron chi connectivity index (χ3n) is 6.12. The third kappa shape index (κ3) is 4.43. The summed E-state index contributed by atoms with van der Waals surface area (Å²) in [6.07, 6.45) is 4.66. The molecule has 5 nitrogen and oxygen atoms in total. The van der Waals surface area contributed by atoms with Gasteiger partial charge in [-0.05, 0) is 63.3 Å². The van der Waals surface area contributed by atoms with E-state index in [4.69, 9.17) is 0 Å². The lowest BCUT2D eigenvalue weighted by atomic mass is 9.64. The number of nitrogens with one attached hydrogen (secondary N) is 2. The lowest BCUT2D eigenvalue weighted by Gasteiger charge is -2.43. The van der Waals surface area contributed by atoms with E-state index in [1.165, 1.54) is 36.1 Å². The van der Waals surface area contributed by atoms with Gasteiger partial charge in [-0.1, -0.05) is 34.5 Å². The molecule has 0 amide bonds. The second kappa shape index (κ2) is 8.68. The van der Waals surface area contributed by atoms with Crippen molar-refractivity contribution in [3.63, 3.8) is 0 Å². The predicted octanol–water partition coefficient (Wildman–Crippen LogP) is 4.02. The van der Waals surface area contributed by atoms with E-state index in [0.717, 1.165) is 29.1 Å². The van der Waals surface area contributed by atoms with Crippen LogP contribution in [0.15, 0.2) is 33.7 Å². The van der Waals surface area contributed by atoms with Gasteiger partial charge in [-0.2, -0.15) is 5.10 Å². The monoisotopic (exact) mass is 445 g/mol. The van der Waals surface area contributed by atoms with Gasteiger partial charge >= 0.3 is 0 Å². The summed E-state index contributed by atoms with van der Waals surface area (Å²) in [5, 5.41) is 11.7. The van der Waals surface area contributed by atoms with Crippen LogP contribution in [0.4, 0.5) is 0 Å². The van der Waals surface area contributed by atoms with Crippen molar-refractivity contribution in [2.75, 3.05) is 13.6 Å². The van der Waals surface area contributed by atoms with E-state index in [2.05, 4.69) is 81.7 Å². The predicted molar refractivity (Wildman–Crippen MR) is 120 cm³/mol. The third-order valence-corrected chi connectivity index (χ3v) is 6.61. The SMILES string of the molecule is CN=C(NCC1(c2cccc(Br)c2)CCC1)NC(C)Cc1c(C)nn(C)c1C. The zero-order chi connectivity index (χ0) is 20.3. The van der Waals surface area contributed by atoms with Crippen molar-refractivity contribution >= 4 is 21.9 Å². The molecule has 1 fully saturated rings. The summed E-state index contributed by atoms with van der Waals surface area (Å²) in [5.74, 6) is 0.868. The smallest absolute Gasteiger partial charge is 0.191 e. The van der Waals surface area contributed by atoms with Crippen LogP contribution in [0.25, 0.3) is 0 Å². The van der Waals surface area contributed by atoms with Crippen LogP contribution in [0.5, 0.6) is 0 Å². The number of nitrogens with zero attached hydrogens (tertiary/aromatic N) is 3. The molecule has 0 radical (unpaired) electrons. The van der Waals surface area contributed by atoms with Crippen molar-refractivity contribution in [1.29, 1.82) is 0 Å². The van der Waals surface area contributed by atoms with Crippen molar-refractivity contribution < 1.29 is 0 Å². The van der Waals surface area contributed by atoms with E-state index in [-0.39, 0.29) is 11.5 Å². The van der Waals surface area contributed by atoms with Gasteiger partial charge in [-0.25, -0.2) is 0 Å². The second-order valence-corrected chi connectivity index (χ2v) is 9.01. The van der Waals surface area contributed by atoms with E-state index in [0.29, 0.717) is 0 Å². The van der Waals surface area contributed by atoms with Gasteiger partial charge < -0.3 is 10.6 Å². The molecule has 0 saturated heterocycles. The average Bonchev–Trinajstić information content (AvgIpc) is 2.86. The maximum atomic E-state index is 4.53. The summed E-state index contributed by atoms with van der Waals surface area (Å²) in [4.78, 5) is 4.46. The minimum atomic E-state index is 0.209. The molecule has 0 aliphatic heterocycles. The van der Waals surface area contributed by atoms with E-state index >= 15 is 0 Å². The van der Waals surface area contributed by atoms with Crippen LogP contribution >= 0.6 is 15.9 Å². The number of halogens is 1. The molecule has 1 heterocycles. The fourth-order valence-corrected chi connectivity index (χ4v) is 4.54. The molecular formula is C22H32BrN5. The molecule has 1 aromatic heterocycles. The fraction of sp³-hybridized carbons (Fsp3) is 0.545. The highest BCUT2D eigenvalue weighted by molar-refractivity contribution is 9.10. The summed E-state index contributed by atoms with van der Waals surface area (Å²) < 4.78 is 3.11. The van der Waals surface area contributed by atoms with Crippen LogP contribution in [0.2, 0.25) is 0 Å². The van der Waals surface area contributed by atoms with Crippen molar-refractivity contribution in [1.82, 2.24) is 20.4 Å². The first-order valence-electron chi connectivity index (χ1n) is 10.1. The molecule has 1 unspecified atom stereocenters. The van der Waals surface area contributed by atoms with Crippen LogP contribution < -0.4 is 10.6 Å². The second-order valence-electron chi connectivity index (χ2n) is 8.09. The highest BCUT2D eigenvalue weighted by atomic mass is 79.9. The van der Waals surface area contributed by atoms with Crippen molar-refractivity contribution in [2.24, 2.45) is 12.0 Å². The standard InChI is InChI=1S/C22H32BrN5/c1-15(12-20-16(2)27-28(5)17(20)3)26-21(24-4)25-14-22(10-7-11-22)18-8-6-9-19(23)13-18/h6,8-9,13,15H,7,10-12,14H2,1-5H3,(H2,24,25,26). The molecule has 152 valence electrons. The number of aromatic nitrogens is 2. The van der Waals surface area contributed by atoms with Gasteiger partial charge in [-0.15, -0.1) is 0 Å². The molecule has 0 spiro atoms. The summed E-state index contributed by atoms with van der Waals surface area (Å²) >= 11 is 3.62. The number of hydrogen-bond acceptors (Lipinski definition) is 2. The first-order valence-corrected chi connectivity index (χ1v) is 10.9. The lowest BCUT2D eigenvalue weighted by Crippen LogP contribution is -2.50. The molecule has 1 aromatic carbocycles. The number of benzene rings is 1. The van der Waals surface area contributed by atoms with E-state index in [1.807, 2.05) is 18.8 Å². The molecule has 1 saturated carbocycles. The Kier molecular flexibility index (Phi) is 6.48. The number of aryl methyl sites for hydroxylation is 2. The summed E-state index contributed by atoms with van der Waals surface area (Å²) in [6, 6.07) is 9.00. The lowest BCUT2D eigenvalue weighted by molar-refractivity contribution is 0.243. The molecule has 1 atom stereocenters. The Morgan fingerprint density at radius 2 is 2.11 bits per heavy atom. The summed E-state index contributed by atoms with van der Waals surface area (Å²) in [6.45, 7) is 7.32. The minimum absolute atomic E-state index is 0.209. The minimum Gasteiger partial charge on any atom is -0.356 e. The van der Waals surface area contributed by atoms with Crippen molar-refractivity contribution in [2.45, 2.75) is 57.9 Å². The Labute approximate surface area is 177 Å². The molecule has 0 bridgehead atoms. The molecule has 2 N–H and O–H groups in total. The van der Waals surface area contributed by atoms with Gasteiger partial charge in [0.15, 0.2) is 5.96 Å². The van der Waals surface area contributed by atoms with Crippen LogP contribution in [0, 0.1) is 13.8 Å². The quantitative estimate of drug-likeness (QED) is 0.521. The highest BCUT2D eigenvalue weighted by Gasteiger charge is 2.38. The molecule has 1 aliphatic rings. The Hall–Kier alpha value is -1.82. The normalized spacial score (nSPS) is 17.1. The Bertz CT molecular complexity index is 851. The van der Waals surface area contributed by atoms with Crippen LogP contribution in [-0.4, -0.2) is 35.4 Å². The largest absolute Gasteiger partial charge is 0.356 e. The zero-order valence-corrected chi connectivity index (χ0v) is 19.2. The van der Waals surface area contributed by atoms with Crippen LogP contribution in [0.3, 0.4) is 0 Å². The number of guanidine groups is 1. The van der Waals surface area contributed by atoms with Gasteiger partial charge in [0.1, 0.15) is 0 Å². The molecular weight excluding hydrogens is 414 g/mol. The van der Waals surface area contributed by atoms with Gasteiger partial charge in [0.05, 0.1) is 5.69 Å². The fourth-order valence-electron chi connectivity index (χ4n) is 4.14. The Balaban J connectivity index is 1.61. The summed E-state index contributed by atoms with van der Waals surface area (Å²) in [5.41, 5.74) is 5.28. The number of rotatable bonds is 6. The van der Waals surface area contributed by atoms with Gasteiger partial charge in [0, 0.05) is 42.3 Å². The molecule has 28 heavy (non-hydrogen) atoms.